The highest BCUT2D eigenvalue weighted by Crippen LogP contribution is 2.92. The van der Waals surface area contributed by atoms with Gasteiger partial charge in [-0.2, -0.15) is 0 Å². The van der Waals surface area contributed by atoms with E-state index in [1.54, 1.807) is 0 Å². The normalized spacial score (nSPS) is 54.7. The van der Waals surface area contributed by atoms with Crippen LogP contribution < -0.4 is 5.32 Å². The minimum absolute atomic E-state index is 0.0395. The molecule has 2 saturated heterocycles. The van der Waals surface area contributed by atoms with Crippen LogP contribution in [0.5, 0.6) is 0 Å². The van der Waals surface area contributed by atoms with E-state index >= 15 is 0 Å². The average molecular weight is 553 g/mol. The van der Waals surface area contributed by atoms with Gasteiger partial charge in [0.25, 0.3) is 0 Å². The summed E-state index contributed by atoms with van der Waals surface area (Å²) in [6.45, 7) is 8.50. The van der Waals surface area contributed by atoms with Gasteiger partial charge in [0.05, 0.1) is 23.2 Å². The predicted molar refractivity (Wildman–Crippen MR) is 146 cm³/mol. The van der Waals surface area contributed by atoms with Crippen molar-refractivity contribution in [3.63, 3.8) is 0 Å². The first-order valence-corrected chi connectivity index (χ1v) is 16.2. The highest BCUT2D eigenvalue weighted by Gasteiger charge is 2.94. The van der Waals surface area contributed by atoms with Crippen molar-refractivity contribution >= 4 is 19.1 Å². The van der Waals surface area contributed by atoms with Crippen molar-refractivity contribution in [2.45, 2.75) is 127 Å². The molecule has 0 radical (unpaired) electrons. The summed E-state index contributed by atoms with van der Waals surface area (Å²) in [6, 6.07) is -0.716. The molecular weight excluding hydrogens is 507 g/mol. The first-order chi connectivity index (χ1) is 18.9. The summed E-state index contributed by atoms with van der Waals surface area (Å²) in [5.74, 6) is 3.43. The van der Waals surface area contributed by atoms with E-state index in [1.807, 2.05) is 25.7 Å². The number of rotatable bonds is 4. The van der Waals surface area contributed by atoms with Gasteiger partial charge >= 0.3 is 13.2 Å². The van der Waals surface area contributed by atoms with Crippen LogP contribution in [-0.2, 0) is 18.8 Å². The van der Waals surface area contributed by atoms with Gasteiger partial charge in [-0.15, -0.1) is 0 Å². The highest BCUT2D eigenvalue weighted by molar-refractivity contribution is 6.47. The number of aliphatic hydroxyl groups is 1. The van der Waals surface area contributed by atoms with E-state index in [0.717, 1.165) is 50.9 Å². The predicted octanol–water partition coefficient (Wildman–Crippen LogP) is 3.69. The number of likely N-dealkylation sites (tertiary alicyclic amines) is 1. The van der Waals surface area contributed by atoms with Crippen molar-refractivity contribution in [1.82, 2.24) is 10.2 Å². The lowest BCUT2D eigenvalue weighted by molar-refractivity contribution is -0.498. The molecule has 10 rings (SSSR count). The van der Waals surface area contributed by atoms with E-state index in [2.05, 4.69) is 12.2 Å². The van der Waals surface area contributed by atoms with Crippen molar-refractivity contribution in [1.29, 1.82) is 0 Å². The quantitative estimate of drug-likeness (QED) is 0.517. The molecule has 0 aromatic rings. The smallest absolute Gasteiger partial charge is 0.444 e. The van der Waals surface area contributed by atoms with Crippen LogP contribution in [0.3, 0.4) is 0 Å². The third-order valence-corrected chi connectivity index (χ3v) is 13.7. The molecule has 2 heterocycles. The monoisotopic (exact) mass is 552 g/mol. The number of ether oxygens (including phenoxy) is 1. The molecule has 10 fully saturated rings. The van der Waals surface area contributed by atoms with Crippen LogP contribution in [-0.4, -0.2) is 70.6 Å². The summed E-state index contributed by atoms with van der Waals surface area (Å²) in [5, 5.41) is 14.6. The number of fused-ring (bicyclic) bond motifs is 2. The molecule has 0 aromatic carbocycles. The summed E-state index contributed by atoms with van der Waals surface area (Å²) in [4.78, 5) is 29.9. The van der Waals surface area contributed by atoms with E-state index in [9.17, 15) is 14.7 Å². The number of nitrogens with one attached hydrogen (secondary N) is 1. The maximum absolute atomic E-state index is 14.7. The third kappa shape index (κ3) is 2.91. The maximum Gasteiger partial charge on any atom is 0.481 e. The second-order valence-electron chi connectivity index (χ2n) is 16.9. The maximum atomic E-state index is 14.7. The van der Waals surface area contributed by atoms with Gasteiger partial charge in [0.1, 0.15) is 11.6 Å². The minimum atomic E-state index is -0.730. The Hall–Kier alpha value is -1.32. The van der Waals surface area contributed by atoms with Gasteiger partial charge in [-0.3, -0.25) is 4.79 Å². The largest absolute Gasteiger partial charge is 0.481 e. The Kier molecular flexibility index (Phi) is 4.67. The van der Waals surface area contributed by atoms with Gasteiger partial charge in [-0.25, -0.2) is 4.79 Å². The van der Waals surface area contributed by atoms with Crippen LogP contribution in [0.2, 0.25) is 0 Å². The van der Waals surface area contributed by atoms with Crippen molar-refractivity contribution in [3.8, 4) is 0 Å². The Morgan fingerprint density at radius 2 is 1.88 bits per heavy atom. The van der Waals surface area contributed by atoms with Gasteiger partial charge in [0, 0.05) is 17.9 Å². The molecule has 9 heteroatoms. The lowest BCUT2D eigenvalue weighted by Crippen LogP contribution is -2.97. The second kappa shape index (κ2) is 7.42. The minimum Gasteiger partial charge on any atom is -0.444 e. The van der Waals surface area contributed by atoms with E-state index in [-0.39, 0.29) is 23.6 Å². The van der Waals surface area contributed by atoms with E-state index in [4.69, 9.17) is 14.0 Å². The van der Waals surface area contributed by atoms with Crippen LogP contribution in [0.15, 0.2) is 0 Å². The molecule has 218 valence electrons. The fraction of sp³-hybridized carbons (Fsp3) is 0.935. The fourth-order valence-electron chi connectivity index (χ4n) is 13.2. The molecule has 2 aliphatic heterocycles. The lowest BCUT2D eigenvalue weighted by atomic mass is 9.13. The van der Waals surface area contributed by atoms with E-state index < -0.39 is 35.9 Å². The lowest BCUT2D eigenvalue weighted by Gasteiger charge is -2.94. The zero-order valence-corrected chi connectivity index (χ0v) is 24.5. The topological polar surface area (TPSA) is 97.3 Å². The Morgan fingerprint density at radius 3 is 2.55 bits per heavy atom. The van der Waals surface area contributed by atoms with Gasteiger partial charge in [-0.1, -0.05) is 0 Å². The SMILES string of the molecule is CC(C)(C)OC(=O)N[C@H](C(=O)N1CCC[C@H]1B1O[C@@H]2C3CC4CC5C43C2[C@@]5(C)O1)C12CC3CC(CC(O)(C3)C1)C2. The summed E-state index contributed by atoms with van der Waals surface area (Å²) in [6.07, 6.45) is 9.19. The Labute approximate surface area is 237 Å². The number of carbonyl (C=O) groups is 2. The second-order valence-corrected chi connectivity index (χ2v) is 16.9. The first-order valence-electron chi connectivity index (χ1n) is 16.2. The Morgan fingerprint density at radius 1 is 1.12 bits per heavy atom. The molecule has 1 spiro atoms. The van der Waals surface area contributed by atoms with Crippen LogP contribution in [0.1, 0.15) is 91.9 Å². The molecule has 2 amide bonds. The Balaban J connectivity index is 1.01. The molecule has 2 N–H and O–H groups in total. The summed E-state index contributed by atoms with van der Waals surface area (Å²) < 4.78 is 19.3. The molecule has 11 atom stereocenters. The first kappa shape index (κ1) is 25.2. The highest BCUT2D eigenvalue weighted by atomic mass is 16.6. The van der Waals surface area contributed by atoms with Crippen LogP contribution >= 0.6 is 0 Å². The van der Waals surface area contributed by atoms with Crippen molar-refractivity contribution < 1.29 is 28.7 Å². The van der Waals surface area contributed by atoms with Crippen molar-refractivity contribution in [2.24, 2.45) is 46.3 Å². The summed E-state index contributed by atoms with van der Waals surface area (Å²) >= 11 is 0. The number of hydrogen-bond acceptors (Lipinski definition) is 6. The summed E-state index contributed by atoms with van der Waals surface area (Å²) in [5.41, 5.74) is -1.41. The van der Waals surface area contributed by atoms with Crippen LogP contribution in [0, 0.1) is 46.3 Å². The van der Waals surface area contributed by atoms with Crippen LogP contribution in [0.25, 0.3) is 0 Å². The fourth-order valence-corrected chi connectivity index (χ4v) is 13.2. The molecule has 8 saturated carbocycles. The molecule has 0 aromatic heterocycles. The van der Waals surface area contributed by atoms with Gasteiger partial charge in [-0.05, 0) is 127 Å². The average Bonchev–Trinajstić information content (AvgIpc) is 3.28. The standard InChI is InChI=1S/C31H45BN2O6/c1-27(2,3)38-26(36)33-24(29-11-16-8-17(12-29)14-30(37,13-16)15-29)25(35)34-7-5-6-21(34)32-39-22-19-9-18-10-20-28(4,40-32)23(22)31(18,19)20/h16-24,37H,5-15H2,1-4H3,(H,33,36)/t16?,17?,18?,19?,20?,21-,22+,23?,24+,28-,29?,30?,31?/m0/s1. The van der Waals surface area contributed by atoms with Crippen molar-refractivity contribution in [2.75, 3.05) is 6.54 Å². The van der Waals surface area contributed by atoms with Crippen molar-refractivity contribution in [3.05, 3.63) is 0 Å². The molecule has 7 unspecified atom stereocenters. The zero-order chi connectivity index (χ0) is 27.6. The van der Waals surface area contributed by atoms with E-state index in [0.29, 0.717) is 48.0 Å². The molecule has 4 bridgehead atoms. The van der Waals surface area contributed by atoms with E-state index in [1.165, 1.54) is 12.8 Å². The van der Waals surface area contributed by atoms with Gasteiger partial charge in [0.2, 0.25) is 5.91 Å². The number of carbonyl (C=O) groups excluding carboxylic acids is 2. The van der Waals surface area contributed by atoms with Gasteiger partial charge < -0.3 is 29.4 Å². The van der Waals surface area contributed by atoms with Crippen LogP contribution in [0.4, 0.5) is 4.79 Å². The zero-order valence-electron chi connectivity index (χ0n) is 24.5. The van der Waals surface area contributed by atoms with Gasteiger partial charge in [0.15, 0.2) is 0 Å². The molecular formula is C31H45BN2O6. The molecule has 10 aliphatic rings. The number of amides is 2. The summed E-state index contributed by atoms with van der Waals surface area (Å²) in [7, 11) is -0.404. The molecule has 8 aliphatic carbocycles. The number of hydrogen-bond donors (Lipinski definition) is 2. The Bertz CT molecular complexity index is 1170. The molecule has 8 nitrogen and oxygen atoms in total. The number of alkyl carbamates (subject to hydrolysis) is 1. The number of nitrogens with zero attached hydrogens (tertiary/aromatic N) is 1. The molecule has 40 heavy (non-hydrogen) atoms. The third-order valence-electron chi connectivity index (χ3n) is 13.7.